The molecule has 4 atom stereocenters. The third-order valence-electron chi connectivity index (χ3n) is 3.79. The van der Waals surface area contributed by atoms with Crippen LogP contribution in [0.5, 0.6) is 0 Å². The summed E-state index contributed by atoms with van der Waals surface area (Å²) < 4.78 is 0. The largest absolute Gasteiger partial charge is 0.481 e. The van der Waals surface area contributed by atoms with Crippen LogP contribution in [-0.2, 0) is 33.6 Å². The zero-order valence-electron chi connectivity index (χ0n) is 16.5. The summed E-state index contributed by atoms with van der Waals surface area (Å²) in [5.74, 6) is -8.36. The van der Waals surface area contributed by atoms with Gasteiger partial charge in [0.25, 0.3) is 0 Å². The quantitative estimate of drug-likeness (QED) is 0.127. The van der Waals surface area contributed by atoms with Crippen molar-refractivity contribution in [3.63, 3.8) is 0 Å². The van der Waals surface area contributed by atoms with Gasteiger partial charge in [-0.1, -0.05) is 0 Å². The smallest absolute Gasteiger partial charge is 0.326 e. The number of rotatable bonds is 14. The van der Waals surface area contributed by atoms with Crippen molar-refractivity contribution in [1.29, 1.82) is 0 Å². The van der Waals surface area contributed by atoms with Gasteiger partial charge >= 0.3 is 17.9 Å². The predicted octanol–water partition coefficient (Wildman–Crippen LogP) is -3.91. The molecule has 0 rings (SSSR count). The number of carbonyl (C=O) groups is 7. The molecule has 10 N–H and O–H groups in total. The Morgan fingerprint density at radius 2 is 1.32 bits per heavy atom. The van der Waals surface area contributed by atoms with Crippen LogP contribution in [-0.4, -0.2) is 81.0 Å². The topological polar surface area (TPSA) is 268 Å². The van der Waals surface area contributed by atoms with E-state index in [0.29, 0.717) is 0 Å². The second-order valence-corrected chi connectivity index (χ2v) is 6.50. The molecule has 4 amide bonds. The fraction of sp³-hybridized carbons (Fsp3) is 0.562. The van der Waals surface area contributed by atoms with Crippen molar-refractivity contribution in [3.05, 3.63) is 0 Å². The molecule has 0 bridgehead atoms. The number of carbonyl (C=O) groups excluding carboxylic acids is 4. The van der Waals surface area contributed by atoms with Crippen molar-refractivity contribution >= 4 is 41.5 Å². The minimum Gasteiger partial charge on any atom is -0.481 e. The van der Waals surface area contributed by atoms with Crippen LogP contribution in [0.15, 0.2) is 0 Å². The SMILES string of the molecule is CC(NC(=O)C(N)CCC(=O)O)C(=O)NC(CC(N)=O)C(=O)NC(CC(=O)O)C(=O)O. The standard InChI is InChI=1S/C16H25N5O10/c1-6(19-14(28)7(17)2-3-11(23)24)13(27)20-8(4-10(18)22)15(29)21-9(16(30)31)5-12(25)26/h6-9H,2-5,17H2,1H3,(H2,18,22)(H,19,28)(H,20,27)(H,21,29)(H,23,24)(H,25,26)(H,30,31). The van der Waals surface area contributed by atoms with E-state index in [1.807, 2.05) is 5.32 Å². The molecule has 0 radical (unpaired) electrons. The molecule has 0 saturated carbocycles. The number of nitrogens with one attached hydrogen (secondary N) is 3. The van der Waals surface area contributed by atoms with Crippen LogP contribution in [0.2, 0.25) is 0 Å². The monoisotopic (exact) mass is 447 g/mol. The fourth-order valence-electron chi connectivity index (χ4n) is 2.15. The molecule has 15 heteroatoms. The minimum atomic E-state index is -1.83. The van der Waals surface area contributed by atoms with Crippen molar-refractivity contribution in [2.75, 3.05) is 0 Å². The lowest BCUT2D eigenvalue weighted by Gasteiger charge is -2.22. The van der Waals surface area contributed by atoms with E-state index < -0.39 is 78.5 Å². The van der Waals surface area contributed by atoms with E-state index in [-0.39, 0.29) is 12.8 Å². The van der Waals surface area contributed by atoms with E-state index in [4.69, 9.17) is 26.8 Å². The van der Waals surface area contributed by atoms with Gasteiger partial charge in [-0.25, -0.2) is 4.79 Å². The van der Waals surface area contributed by atoms with Crippen molar-refractivity contribution in [2.24, 2.45) is 11.5 Å². The second kappa shape index (κ2) is 12.7. The summed E-state index contributed by atoms with van der Waals surface area (Å²) >= 11 is 0. The van der Waals surface area contributed by atoms with E-state index in [2.05, 4.69) is 10.6 Å². The first-order valence-corrected chi connectivity index (χ1v) is 8.86. The second-order valence-electron chi connectivity index (χ2n) is 6.50. The normalized spacial score (nSPS) is 14.3. The number of carboxylic acids is 3. The average Bonchev–Trinajstić information content (AvgIpc) is 2.63. The van der Waals surface area contributed by atoms with Gasteiger partial charge in [0.2, 0.25) is 23.6 Å². The molecule has 0 aromatic carbocycles. The van der Waals surface area contributed by atoms with Gasteiger partial charge in [-0.2, -0.15) is 0 Å². The molecule has 0 aliphatic carbocycles. The third-order valence-corrected chi connectivity index (χ3v) is 3.79. The Bertz CT molecular complexity index is 740. The first-order valence-electron chi connectivity index (χ1n) is 8.86. The molecule has 0 fully saturated rings. The number of primary amides is 1. The zero-order chi connectivity index (χ0) is 24.3. The van der Waals surface area contributed by atoms with Crippen LogP contribution >= 0.6 is 0 Å². The van der Waals surface area contributed by atoms with E-state index in [9.17, 15) is 33.6 Å². The summed E-state index contributed by atoms with van der Waals surface area (Å²) in [6, 6.07) is -5.98. The van der Waals surface area contributed by atoms with Crippen LogP contribution in [0.4, 0.5) is 0 Å². The number of nitrogens with two attached hydrogens (primary N) is 2. The van der Waals surface area contributed by atoms with Gasteiger partial charge in [0.15, 0.2) is 0 Å². The molecule has 0 aliphatic rings. The minimum absolute atomic E-state index is 0.192. The Kier molecular flexibility index (Phi) is 11.2. The highest BCUT2D eigenvalue weighted by Crippen LogP contribution is 2.00. The van der Waals surface area contributed by atoms with Gasteiger partial charge in [-0.15, -0.1) is 0 Å². The number of hydrogen-bond donors (Lipinski definition) is 8. The molecule has 0 heterocycles. The third kappa shape index (κ3) is 11.1. The Hall–Kier alpha value is -3.75. The molecule has 4 unspecified atom stereocenters. The van der Waals surface area contributed by atoms with Gasteiger partial charge in [0.05, 0.1) is 18.9 Å². The molecule has 0 spiro atoms. The predicted molar refractivity (Wildman–Crippen MR) is 100 cm³/mol. The maximum Gasteiger partial charge on any atom is 0.326 e. The molecular weight excluding hydrogens is 422 g/mol. The molecule has 0 saturated heterocycles. The lowest BCUT2D eigenvalue weighted by atomic mass is 10.1. The Morgan fingerprint density at radius 3 is 1.77 bits per heavy atom. The molecule has 31 heavy (non-hydrogen) atoms. The van der Waals surface area contributed by atoms with E-state index >= 15 is 0 Å². The summed E-state index contributed by atoms with van der Waals surface area (Å²) in [5, 5.41) is 32.4. The maximum atomic E-state index is 12.3. The summed E-state index contributed by atoms with van der Waals surface area (Å²) in [5.41, 5.74) is 10.5. The summed E-state index contributed by atoms with van der Waals surface area (Å²) in [7, 11) is 0. The fourth-order valence-corrected chi connectivity index (χ4v) is 2.15. The van der Waals surface area contributed by atoms with Gasteiger partial charge < -0.3 is 42.7 Å². The molecule has 174 valence electrons. The number of amides is 4. The van der Waals surface area contributed by atoms with Crippen molar-refractivity contribution < 1.29 is 48.9 Å². The summed E-state index contributed by atoms with van der Waals surface area (Å²) in [6.45, 7) is 1.21. The molecular formula is C16H25N5O10. The molecule has 0 aromatic rings. The lowest BCUT2D eigenvalue weighted by Crippen LogP contribution is -2.57. The maximum absolute atomic E-state index is 12.3. The number of hydrogen-bond acceptors (Lipinski definition) is 8. The highest BCUT2D eigenvalue weighted by molar-refractivity contribution is 5.96. The van der Waals surface area contributed by atoms with Gasteiger partial charge in [0.1, 0.15) is 18.1 Å². The summed E-state index contributed by atoms with van der Waals surface area (Å²) in [4.78, 5) is 79.9. The van der Waals surface area contributed by atoms with E-state index in [0.717, 1.165) is 0 Å². The summed E-state index contributed by atoms with van der Waals surface area (Å²) in [6.07, 6.45) is -2.27. The molecule has 0 aromatic heterocycles. The van der Waals surface area contributed by atoms with E-state index in [1.165, 1.54) is 6.92 Å². The van der Waals surface area contributed by atoms with E-state index in [1.54, 1.807) is 0 Å². The lowest BCUT2D eigenvalue weighted by molar-refractivity contribution is -0.147. The van der Waals surface area contributed by atoms with Gasteiger partial charge in [-0.3, -0.25) is 28.8 Å². The molecule has 0 aliphatic heterocycles. The zero-order valence-corrected chi connectivity index (χ0v) is 16.5. The van der Waals surface area contributed by atoms with Crippen LogP contribution < -0.4 is 27.4 Å². The van der Waals surface area contributed by atoms with Crippen LogP contribution in [0.3, 0.4) is 0 Å². The highest BCUT2D eigenvalue weighted by Gasteiger charge is 2.30. The van der Waals surface area contributed by atoms with Crippen LogP contribution in [0.25, 0.3) is 0 Å². The molecule has 15 nitrogen and oxygen atoms in total. The van der Waals surface area contributed by atoms with Gasteiger partial charge in [0, 0.05) is 6.42 Å². The Morgan fingerprint density at radius 1 is 0.774 bits per heavy atom. The van der Waals surface area contributed by atoms with Crippen LogP contribution in [0.1, 0.15) is 32.6 Å². The van der Waals surface area contributed by atoms with Crippen molar-refractivity contribution in [1.82, 2.24) is 16.0 Å². The number of carboxylic acid groups (broad SMARTS) is 3. The Labute approximate surface area is 175 Å². The average molecular weight is 447 g/mol. The first-order chi connectivity index (χ1) is 14.2. The van der Waals surface area contributed by atoms with Gasteiger partial charge in [-0.05, 0) is 13.3 Å². The van der Waals surface area contributed by atoms with Crippen molar-refractivity contribution in [3.8, 4) is 0 Å². The highest BCUT2D eigenvalue weighted by atomic mass is 16.4. The number of aliphatic carboxylic acids is 3. The Balaban J connectivity index is 5.10. The van der Waals surface area contributed by atoms with Crippen molar-refractivity contribution in [2.45, 2.75) is 56.8 Å². The first kappa shape index (κ1) is 27.2. The van der Waals surface area contributed by atoms with Crippen LogP contribution in [0, 0.1) is 0 Å².